The van der Waals surface area contributed by atoms with E-state index in [1.54, 1.807) is 14.2 Å². The molecule has 2 amide bonds. The summed E-state index contributed by atoms with van der Waals surface area (Å²) in [4.78, 5) is 29.4. The molecule has 3 aromatic carbocycles. The second kappa shape index (κ2) is 10.3. The zero-order chi connectivity index (χ0) is 26.0. The van der Waals surface area contributed by atoms with E-state index in [1.807, 2.05) is 77.7 Å². The number of carbonyl (C=O) groups excluding carboxylic acids is 2. The molecule has 0 aliphatic carbocycles. The van der Waals surface area contributed by atoms with Crippen LogP contribution in [-0.4, -0.2) is 43.5 Å². The van der Waals surface area contributed by atoms with Gasteiger partial charge in [0.15, 0.2) is 11.5 Å². The Bertz CT molecular complexity index is 1280. The highest BCUT2D eigenvalue weighted by molar-refractivity contribution is 6.04. The molecule has 3 aromatic rings. The van der Waals surface area contributed by atoms with Crippen molar-refractivity contribution in [2.45, 2.75) is 38.0 Å². The van der Waals surface area contributed by atoms with E-state index >= 15 is 0 Å². The van der Waals surface area contributed by atoms with Crippen LogP contribution in [0.5, 0.6) is 11.5 Å². The summed E-state index contributed by atoms with van der Waals surface area (Å²) >= 11 is 0. The van der Waals surface area contributed by atoms with Crippen molar-refractivity contribution in [3.63, 3.8) is 0 Å². The molecule has 0 radical (unpaired) electrons. The number of hydrogen-bond donors (Lipinski definition) is 2. The van der Waals surface area contributed by atoms with Crippen molar-refractivity contribution in [2.24, 2.45) is 5.92 Å². The van der Waals surface area contributed by atoms with E-state index in [1.165, 1.54) is 0 Å². The molecule has 2 aliphatic rings. The fourth-order valence-corrected chi connectivity index (χ4v) is 5.82. The van der Waals surface area contributed by atoms with Crippen LogP contribution in [0.2, 0.25) is 0 Å². The molecule has 5 rings (SSSR count). The zero-order valence-corrected chi connectivity index (χ0v) is 21.5. The van der Waals surface area contributed by atoms with Crippen molar-refractivity contribution in [1.29, 1.82) is 0 Å². The Hall–Kier alpha value is -3.84. The lowest BCUT2D eigenvalue weighted by Crippen LogP contribution is -2.55. The van der Waals surface area contributed by atoms with Crippen LogP contribution in [0, 0.1) is 5.92 Å². The van der Waals surface area contributed by atoms with E-state index in [2.05, 4.69) is 17.6 Å². The van der Waals surface area contributed by atoms with Gasteiger partial charge in [0.05, 0.1) is 25.8 Å². The number of ether oxygens (including phenoxy) is 2. The van der Waals surface area contributed by atoms with Gasteiger partial charge in [0.2, 0.25) is 11.8 Å². The minimum Gasteiger partial charge on any atom is -0.493 e. The molecule has 37 heavy (non-hydrogen) atoms. The first kappa shape index (κ1) is 24.8. The Morgan fingerprint density at radius 2 is 1.54 bits per heavy atom. The van der Waals surface area contributed by atoms with Gasteiger partial charge in [-0.15, -0.1) is 0 Å². The van der Waals surface area contributed by atoms with Gasteiger partial charge in [-0.1, -0.05) is 60.7 Å². The number of fused-ring (bicyclic) bond motifs is 3. The van der Waals surface area contributed by atoms with Crippen molar-refractivity contribution >= 4 is 11.8 Å². The quantitative estimate of drug-likeness (QED) is 0.465. The van der Waals surface area contributed by atoms with Crippen molar-refractivity contribution in [3.8, 4) is 11.5 Å². The van der Waals surface area contributed by atoms with Crippen molar-refractivity contribution < 1.29 is 19.1 Å². The van der Waals surface area contributed by atoms with Gasteiger partial charge in [0.25, 0.3) is 0 Å². The largest absolute Gasteiger partial charge is 0.493 e. The minimum absolute atomic E-state index is 0.154. The second-order valence-electron chi connectivity index (χ2n) is 9.78. The maximum Gasteiger partial charge on any atom is 0.237 e. The number of nitrogens with zero attached hydrogens (tertiary/aromatic N) is 1. The van der Waals surface area contributed by atoms with Crippen LogP contribution in [0.15, 0.2) is 72.8 Å². The van der Waals surface area contributed by atoms with E-state index in [9.17, 15) is 9.59 Å². The molecule has 0 unspecified atom stereocenters. The molecule has 0 bridgehead atoms. The fraction of sp³-hybridized carbons (Fsp3) is 0.333. The summed E-state index contributed by atoms with van der Waals surface area (Å²) < 4.78 is 11.2. The number of nitrogens with one attached hydrogen (secondary N) is 2. The average Bonchev–Trinajstić information content (AvgIpc) is 3.17. The predicted octanol–water partition coefficient (Wildman–Crippen LogP) is 3.41. The van der Waals surface area contributed by atoms with Crippen LogP contribution in [0.3, 0.4) is 0 Å². The van der Waals surface area contributed by atoms with Gasteiger partial charge in [-0.3, -0.25) is 9.59 Å². The Labute approximate surface area is 217 Å². The third-order valence-corrected chi connectivity index (χ3v) is 7.75. The molecule has 192 valence electrons. The van der Waals surface area contributed by atoms with Crippen LogP contribution < -0.4 is 20.1 Å². The summed E-state index contributed by atoms with van der Waals surface area (Å²) in [5, 5.41) is 6.63. The summed E-state index contributed by atoms with van der Waals surface area (Å²) in [6, 6.07) is 23.3. The molecule has 1 saturated heterocycles. The molecule has 2 aliphatic heterocycles. The third-order valence-electron chi connectivity index (χ3n) is 7.75. The van der Waals surface area contributed by atoms with Crippen LogP contribution in [0.25, 0.3) is 0 Å². The van der Waals surface area contributed by atoms with E-state index in [0.29, 0.717) is 37.6 Å². The molecule has 2 N–H and O–H groups in total. The van der Waals surface area contributed by atoms with Gasteiger partial charge in [-0.2, -0.15) is 0 Å². The van der Waals surface area contributed by atoms with E-state index in [0.717, 1.165) is 22.3 Å². The second-order valence-corrected chi connectivity index (χ2v) is 9.78. The predicted molar refractivity (Wildman–Crippen MR) is 141 cm³/mol. The topological polar surface area (TPSA) is 79.9 Å². The Balaban J connectivity index is 1.52. The van der Waals surface area contributed by atoms with Gasteiger partial charge in [-0.05, 0) is 47.7 Å². The van der Waals surface area contributed by atoms with Crippen LogP contribution >= 0.6 is 0 Å². The summed E-state index contributed by atoms with van der Waals surface area (Å²) in [5.74, 6) is -0.0169. The smallest absolute Gasteiger partial charge is 0.237 e. The summed E-state index contributed by atoms with van der Waals surface area (Å²) in [6.07, 6.45) is 0.681. The molecule has 7 nitrogen and oxygen atoms in total. The van der Waals surface area contributed by atoms with Crippen LogP contribution in [-0.2, 0) is 34.6 Å². The lowest BCUT2D eigenvalue weighted by molar-refractivity contribution is -0.139. The molecular weight excluding hydrogens is 466 g/mol. The van der Waals surface area contributed by atoms with E-state index < -0.39 is 17.5 Å². The van der Waals surface area contributed by atoms with Crippen molar-refractivity contribution in [3.05, 3.63) is 95.1 Å². The first-order valence-corrected chi connectivity index (χ1v) is 12.6. The Morgan fingerprint density at radius 1 is 0.946 bits per heavy atom. The normalized spacial score (nSPS) is 22.2. The van der Waals surface area contributed by atoms with Crippen molar-refractivity contribution in [1.82, 2.24) is 15.5 Å². The maximum absolute atomic E-state index is 13.9. The van der Waals surface area contributed by atoms with Gasteiger partial charge in [0, 0.05) is 19.6 Å². The Kier molecular flexibility index (Phi) is 6.89. The third kappa shape index (κ3) is 4.44. The Morgan fingerprint density at radius 3 is 2.16 bits per heavy atom. The van der Waals surface area contributed by atoms with Gasteiger partial charge < -0.3 is 25.0 Å². The number of hydrogen-bond acceptors (Lipinski definition) is 5. The van der Waals surface area contributed by atoms with Gasteiger partial charge in [-0.25, -0.2) is 0 Å². The molecule has 0 saturated carbocycles. The molecule has 0 spiro atoms. The lowest BCUT2D eigenvalue weighted by Gasteiger charge is -2.45. The number of methoxy groups -OCH3 is 2. The number of carbonyl (C=O) groups is 2. The highest BCUT2D eigenvalue weighted by Gasteiger charge is 2.60. The van der Waals surface area contributed by atoms with Crippen LogP contribution in [0.4, 0.5) is 0 Å². The summed E-state index contributed by atoms with van der Waals surface area (Å²) in [5.41, 5.74) is 3.41. The van der Waals surface area contributed by atoms with Gasteiger partial charge >= 0.3 is 0 Å². The molecular formula is C30H33N3O4. The van der Waals surface area contributed by atoms with E-state index in [4.69, 9.17) is 9.47 Å². The van der Waals surface area contributed by atoms with Crippen molar-refractivity contribution in [2.75, 3.05) is 20.8 Å². The molecule has 7 heteroatoms. The summed E-state index contributed by atoms with van der Waals surface area (Å²) in [7, 11) is 3.23. The summed E-state index contributed by atoms with van der Waals surface area (Å²) in [6.45, 7) is 3.49. The SMILES string of the molecule is COc1cc2c(cc1OC)[C@@]1(C)[C@H](NCc3ccccc3)[C@@H](C(=O)NCc3ccccc3)C(=O)N1CC2. The highest BCUT2D eigenvalue weighted by Crippen LogP contribution is 2.49. The number of amides is 2. The molecule has 2 heterocycles. The van der Waals surface area contributed by atoms with Gasteiger partial charge in [0.1, 0.15) is 5.92 Å². The van der Waals surface area contributed by atoms with Crippen LogP contribution in [0.1, 0.15) is 29.2 Å². The zero-order valence-electron chi connectivity index (χ0n) is 21.5. The first-order chi connectivity index (χ1) is 18.0. The molecule has 3 atom stereocenters. The number of benzene rings is 3. The maximum atomic E-state index is 13.9. The first-order valence-electron chi connectivity index (χ1n) is 12.6. The highest BCUT2D eigenvalue weighted by atomic mass is 16.5. The minimum atomic E-state index is -0.864. The van der Waals surface area contributed by atoms with E-state index in [-0.39, 0.29) is 11.8 Å². The lowest BCUT2D eigenvalue weighted by atomic mass is 9.76. The molecule has 0 aromatic heterocycles. The standard InChI is InChI=1S/C30H33N3O4/c1-30-23-17-25(37-3)24(36-2)16-22(23)14-15-33(30)29(35)26(27(30)31-18-20-10-6-4-7-11-20)28(34)32-19-21-12-8-5-9-13-21/h4-13,16-17,26-27,31H,14-15,18-19H2,1-3H3,(H,32,34)/t26-,27+,30-/m0/s1. The fourth-order valence-electron chi connectivity index (χ4n) is 5.82. The average molecular weight is 500 g/mol. The monoisotopic (exact) mass is 499 g/mol. The number of rotatable bonds is 8. The molecule has 1 fully saturated rings.